The first-order valence-corrected chi connectivity index (χ1v) is 4.62. The Morgan fingerprint density at radius 2 is 1.65 bits per heavy atom. The number of benzene rings is 1. The van der Waals surface area contributed by atoms with E-state index in [1.807, 2.05) is 0 Å². The van der Waals surface area contributed by atoms with E-state index in [0.717, 1.165) is 0 Å². The number of carboxylic acids is 1. The summed E-state index contributed by atoms with van der Waals surface area (Å²) >= 11 is 0. The van der Waals surface area contributed by atoms with Gasteiger partial charge in [-0.1, -0.05) is 0 Å². The van der Waals surface area contributed by atoms with E-state index >= 15 is 0 Å². The second-order valence-electron chi connectivity index (χ2n) is 3.05. The number of carbonyl (C=O) groups excluding carboxylic acids is 1. The highest BCUT2D eigenvalue weighted by molar-refractivity contribution is 6.00. The van der Waals surface area contributed by atoms with Crippen molar-refractivity contribution in [2.45, 2.75) is 0 Å². The van der Waals surface area contributed by atoms with Crippen LogP contribution in [0.4, 0.5) is 0 Å². The average Bonchev–Trinajstić information content (AvgIpc) is 2.35. The first-order chi connectivity index (χ1) is 8.04. The van der Waals surface area contributed by atoms with Gasteiger partial charge in [-0.05, 0) is 12.1 Å². The molecule has 0 spiro atoms. The lowest BCUT2D eigenvalue weighted by molar-refractivity contribution is 0.0596. The van der Waals surface area contributed by atoms with Crippen LogP contribution in [-0.4, -0.2) is 38.4 Å². The third-order valence-corrected chi connectivity index (χ3v) is 2.14. The molecule has 0 aromatic heterocycles. The van der Waals surface area contributed by atoms with Crippen LogP contribution in [-0.2, 0) is 4.74 Å². The summed E-state index contributed by atoms with van der Waals surface area (Å²) in [4.78, 5) is 22.5. The molecular formula is C11H12O6. The lowest BCUT2D eigenvalue weighted by atomic mass is 10.1. The molecule has 0 aliphatic heterocycles. The summed E-state index contributed by atoms with van der Waals surface area (Å²) in [5, 5.41) is 9.01. The standard InChI is InChI=1S/C11H12O6/c1-15-6-4-7(10(12)13)9(16-2)8(5-6)11(14)17-3/h4-5H,1-3H3,(H,12,13). The SMILES string of the molecule is COC(=O)c1cc(OC)cc(C(=O)O)c1OC. The van der Waals surface area contributed by atoms with Crippen molar-refractivity contribution in [1.29, 1.82) is 0 Å². The highest BCUT2D eigenvalue weighted by Crippen LogP contribution is 2.30. The minimum absolute atomic E-state index is 0.00625. The summed E-state index contributed by atoms with van der Waals surface area (Å²) in [6, 6.07) is 2.63. The minimum atomic E-state index is -1.22. The fraction of sp³-hybridized carbons (Fsp3) is 0.273. The Morgan fingerprint density at radius 3 is 2.06 bits per heavy atom. The van der Waals surface area contributed by atoms with Crippen LogP contribution in [0.2, 0.25) is 0 Å². The lowest BCUT2D eigenvalue weighted by Crippen LogP contribution is -2.09. The molecule has 0 saturated heterocycles. The molecule has 0 aliphatic carbocycles. The van der Waals surface area contributed by atoms with E-state index in [9.17, 15) is 9.59 Å². The molecule has 1 aromatic rings. The number of hydrogen-bond acceptors (Lipinski definition) is 5. The molecule has 1 rings (SSSR count). The van der Waals surface area contributed by atoms with E-state index in [1.165, 1.54) is 33.5 Å². The van der Waals surface area contributed by atoms with Gasteiger partial charge in [0.25, 0.3) is 0 Å². The zero-order valence-corrected chi connectivity index (χ0v) is 9.64. The summed E-state index contributed by atoms with van der Waals surface area (Å²) < 4.78 is 14.4. The van der Waals surface area contributed by atoms with Crippen molar-refractivity contribution in [2.24, 2.45) is 0 Å². The van der Waals surface area contributed by atoms with Crippen LogP contribution in [0, 0.1) is 0 Å². The Hall–Kier alpha value is -2.24. The first kappa shape index (κ1) is 12.8. The molecule has 0 fully saturated rings. The van der Waals surface area contributed by atoms with Gasteiger partial charge in [0.05, 0.1) is 21.3 Å². The number of carbonyl (C=O) groups is 2. The normalized spacial score (nSPS) is 9.59. The molecule has 0 amide bonds. The molecular weight excluding hydrogens is 228 g/mol. The van der Waals surface area contributed by atoms with E-state index in [4.69, 9.17) is 14.6 Å². The van der Waals surface area contributed by atoms with Gasteiger partial charge in [0.1, 0.15) is 22.6 Å². The van der Waals surface area contributed by atoms with Crippen molar-refractivity contribution in [3.8, 4) is 11.5 Å². The topological polar surface area (TPSA) is 82.1 Å². The molecule has 6 heteroatoms. The number of aromatic carboxylic acids is 1. The van der Waals surface area contributed by atoms with Gasteiger partial charge >= 0.3 is 11.9 Å². The quantitative estimate of drug-likeness (QED) is 0.796. The molecule has 1 N–H and O–H groups in total. The molecule has 6 nitrogen and oxygen atoms in total. The summed E-state index contributed by atoms with van der Waals surface area (Å²) in [6.45, 7) is 0. The van der Waals surface area contributed by atoms with Gasteiger partial charge in [0.15, 0.2) is 0 Å². The third kappa shape index (κ3) is 2.47. The molecule has 0 aliphatic rings. The minimum Gasteiger partial charge on any atom is -0.497 e. The Balaban J connectivity index is 3.50. The Bertz CT molecular complexity index is 452. The van der Waals surface area contributed by atoms with Gasteiger partial charge < -0.3 is 19.3 Å². The maximum atomic E-state index is 11.5. The molecule has 1 aromatic carbocycles. The van der Waals surface area contributed by atoms with Crippen molar-refractivity contribution >= 4 is 11.9 Å². The highest BCUT2D eigenvalue weighted by Gasteiger charge is 2.22. The predicted molar refractivity (Wildman–Crippen MR) is 57.8 cm³/mol. The highest BCUT2D eigenvalue weighted by atomic mass is 16.5. The van der Waals surface area contributed by atoms with Crippen molar-refractivity contribution in [2.75, 3.05) is 21.3 Å². The second-order valence-corrected chi connectivity index (χ2v) is 3.05. The number of rotatable bonds is 4. The number of ether oxygens (including phenoxy) is 3. The van der Waals surface area contributed by atoms with E-state index in [1.54, 1.807) is 0 Å². The smallest absolute Gasteiger partial charge is 0.341 e. The summed E-state index contributed by atoms with van der Waals surface area (Å²) in [5.41, 5.74) is -0.154. The van der Waals surface area contributed by atoms with Gasteiger partial charge in [-0.25, -0.2) is 9.59 Å². The van der Waals surface area contributed by atoms with Crippen molar-refractivity contribution in [1.82, 2.24) is 0 Å². The number of methoxy groups -OCH3 is 3. The molecule has 0 radical (unpaired) electrons. The summed E-state index contributed by atoms with van der Waals surface area (Å²) in [6.07, 6.45) is 0. The summed E-state index contributed by atoms with van der Waals surface area (Å²) in [5.74, 6) is -1.72. The van der Waals surface area contributed by atoms with Gasteiger partial charge in [-0.2, -0.15) is 0 Å². The molecule has 0 saturated carbocycles. The Labute approximate surface area is 97.7 Å². The molecule has 0 atom stereocenters. The molecule has 0 unspecified atom stereocenters. The maximum absolute atomic E-state index is 11.5. The van der Waals surface area contributed by atoms with Crippen molar-refractivity contribution in [3.05, 3.63) is 23.3 Å². The Morgan fingerprint density at radius 1 is 1.06 bits per heavy atom. The van der Waals surface area contributed by atoms with E-state index in [0.29, 0.717) is 0 Å². The van der Waals surface area contributed by atoms with Gasteiger partial charge in [0.2, 0.25) is 0 Å². The summed E-state index contributed by atoms with van der Waals surface area (Å²) in [7, 11) is 3.84. The zero-order valence-electron chi connectivity index (χ0n) is 9.64. The number of hydrogen-bond donors (Lipinski definition) is 1. The number of esters is 1. The van der Waals surface area contributed by atoms with Gasteiger partial charge in [0, 0.05) is 0 Å². The van der Waals surface area contributed by atoms with Crippen molar-refractivity contribution < 1.29 is 28.9 Å². The number of carboxylic acid groups (broad SMARTS) is 1. The molecule has 17 heavy (non-hydrogen) atoms. The van der Waals surface area contributed by atoms with Crippen LogP contribution < -0.4 is 9.47 Å². The third-order valence-electron chi connectivity index (χ3n) is 2.14. The van der Waals surface area contributed by atoms with Crippen LogP contribution in [0.15, 0.2) is 12.1 Å². The van der Waals surface area contributed by atoms with Gasteiger partial charge in [-0.3, -0.25) is 0 Å². The maximum Gasteiger partial charge on any atom is 0.341 e. The van der Waals surface area contributed by atoms with E-state index in [2.05, 4.69) is 4.74 Å². The average molecular weight is 240 g/mol. The van der Waals surface area contributed by atoms with Crippen LogP contribution in [0.1, 0.15) is 20.7 Å². The van der Waals surface area contributed by atoms with E-state index < -0.39 is 11.9 Å². The molecule has 0 heterocycles. The van der Waals surface area contributed by atoms with E-state index in [-0.39, 0.29) is 22.6 Å². The van der Waals surface area contributed by atoms with Crippen LogP contribution in [0.3, 0.4) is 0 Å². The van der Waals surface area contributed by atoms with Crippen molar-refractivity contribution in [3.63, 3.8) is 0 Å². The lowest BCUT2D eigenvalue weighted by Gasteiger charge is -2.11. The second kappa shape index (κ2) is 5.20. The first-order valence-electron chi connectivity index (χ1n) is 4.62. The van der Waals surface area contributed by atoms with Gasteiger partial charge in [-0.15, -0.1) is 0 Å². The zero-order chi connectivity index (χ0) is 13.0. The Kier molecular flexibility index (Phi) is 3.92. The largest absolute Gasteiger partial charge is 0.497 e. The van der Waals surface area contributed by atoms with Crippen LogP contribution >= 0.6 is 0 Å². The molecule has 0 bridgehead atoms. The fourth-order valence-electron chi connectivity index (χ4n) is 1.36. The monoisotopic (exact) mass is 240 g/mol. The van der Waals surface area contributed by atoms with Crippen LogP contribution in [0.5, 0.6) is 11.5 Å². The fourth-order valence-corrected chi connectivity index (χ4v) is 1.36. The van der Waals surface area contributed by atoms with Crippen LogP contribution in [0.25, 0.3) is 0 Å². The predicted octanol–water partition coefficient (Wildman–Crippen LogP) is 1.19. The molecule has 92 valence electrons.